The normalized spacial score (nSPS) is 13.0. The molecular weight excluding hydrogens is 268 g/mol. The summed E-state index contributed by atoms with van der Waals surface area (Å²) < 4.78 is 3.56. The van der Waals surface area contributed by atoms with Crippen LogP contribution < -0.4 is 5.22 Å². The first-order valence-electron chi connectivity index (χ1n) is 6.66. The molecule has 0 atom stereocenters. The molecule has 8 heteroatoms. The molecule has 4 rings (SSSR count). The third kappa shape index (κ3) is 1.52. The Morgan fingerprint density at radius 2 is 1.67 bits per heavy atom. The van der Waals surface area contributed by atoms with Gasteiger partial charge in [-0.15, -0.1) is 10.2 Å². The number of fused-ring (bicyclic) bond motifs is 2. The molecule has 0 saturated heterocycles. The first-order valence-corrected chi connectivity index (χ1v) is 6.66. The van der Waals surface area contributed by atoms with Gasteiger partial charge < -0.3 is 0 Å². The zero-order valence-electron chi connectivity index (χ0n) is 12.2. The summed E-state index contributed by atoms with van der Waals surface area (Å²) in [5.74, 6) is 1.61. The van der Waals surface area contributed by atoms with Crippen LogP contribution >= 0.6 is 0 Å². The van der Waals surface area contributed by atoms with Crippen LogP contribution in [0.25, 0.3) is 17.4 Å². The minimum atomic E-state index is 0.764. The molecule has 4 aromatic rings. The van der Waals surface area contributed by atoms with Crippen LogP contribution in [-0.2, 0) is 0 Å². The summed E-state index contributed by atoms with van der Waals surface area (Å²) in [5.41, 5.74) is 4.48. The molecule has 0 radical (unpaired) electrons. The van der Waals surface area contributed by atoms with Gasteiger partial charge in [0, 0.05) is 10.8 Å². The molecule has 0 aliphatic rings. The smallest absolute Gasteiger partial charge is 0.186 e. The van der Waals surface area contributed by atoms with Crippen molar-refractivity contribution in [3.8, 4) is 0 Å². The summed E-state index contributed by atoms with van der Waals surface area (Å²) in [5, 5.41) is 25.4. The van der Waals surface area contributed by atoms with Gasteiger partial charge >= 0.3 is 0 Å². The lowest BCUT2D eigenvalue weighted by atomic mass is 10.2. The molecule has 0 fully saturated rings. The van der Waals surface area contributed by atoms with Gasteiger partial charge in [0.05, 0.1) is 11.4 Å². The van der Waals surface area contributed by atoms with E-state index in [-0.39, 0.29) is 0 Å². The van der Waals surface area contributed by atoms with Crippen molar-refractivity contribution in [1.82, 2.24) is 39.6 Å². The summed E-state index contributed by atoms with van der Waals surface area (Å²) in [6, 6.07) is 0. The van der Waals surface area contributed by atoms with E-state index in [1.807, 2.05) is 33.8 Å². The molecule has 21 heavy (non-hydrogen) atoms. The highest BCUT2D eigenvalue weighted by Crippen LogP contribution is 2.15. The molecular formula is C13H14N8. The van der Waals surface area contributed by atoms with Gasteiger partial charge in [0.2, 0.25) is 0 Å². The lowest BCUT2D eigenvalue weighted by Crippen LogP contribution is -2.04. The van der Waals surface area contributed by atoms with Crippen LogP contribution in [0.4, 0.5) is 0 Å². The Labute approximate surface area is 119 Å². The second-order valence-electron chi connectivity index (χ2n) is 5.16. The lowest BCUT2D eigenvalue weighted by molar-refractivity contribution is 0.875. The van der Waals surface area contributed by atoms with Crippen LogP contribution in [0, 0.1) is 27.7 Å². The number of nitrogens with one attached hydrogen (secondary N) is 1. The van der Waals surface area contributed by atoms with Gasteiger partial charge in [-0.3, -0.25) is 5.10 Å². The zero-order chi connectivity index (χ0) is 14.7. The molecule has 0 saturated carbocycles. The molecule has 0 aliphatic carbocycles. The molecule has 1 N–H and O–H groups in total. The van der Waals surface area contributed by atoms with E-state index in [2.05, 4.69) is 30.6 Å². The summed E-state index contributed by atoms with van der Waals surface area (Å²) >= 11 is 0. The highest BCUT2D eigenvalue weighted by Gasteiger charge is 2.14. The fourth-order valence-corrected chi connectivity index (χ4v) is 2.56. The summed E-state index contributed by atoms with van der Waals surface area (Å²) in [4.78, 5) is 0. The van der Waals surface area contributed by atoms with Crippen molar-refractivity contribution < 1.29 is 0 Å². The Morgan fingerprint density at radius 3 is 2.48 bits per heavy atom. The van der Waals surface area contributed by atoms with Crippen molar-refractivity contribution >= 4 is 17.4 Å². The van der Waals surface area contributed by atoms with E-state index in [0.717, 1.165) is 45.1 Å². The Balaban J connectivity index is 2.08. The van der Waals surface area contributed by atoms with E-state index in [1.54, 1.807) is 9.03 Å². The maximum atomic E-state index is 4.50. The molecule has 8 nitrogen and oxygen atoms in total. The van der Waals surface area contributed by atoms with E-state index < -0.39 is 0 Å². The fourth-order valence-electron chi connectivity index (χ4n) is 2.56. The fraction of sp³-hybridized carbons (Fsp3) is 0.308. The molecule has 0 spiro atoms. The standard InChI is InChI=1S/C13H14N8/c1-6-10(12-16-14-8(3)20(12)18-6)5-11-7(2)19-21-9(4)15-17-13(11)21/h5,16H,1-4H3/b11-5-. The molecule has 0 unspecified atom stereocenters. The topological polar surface area (TPSA) is 89.1 Å². The first-order chi connectivity index (χ1) is 10.1. The Morgan fingerprint density at radius 1 is 0.905 bits per heavy atom. The predicted octanol–water partition coefficient (Wildman–Crippen LogP) is 0.276. The minimum Gasteiger partial charge on any atom is -0.259 e. The van der Waals surface area contributed by atoms with Crippen LogP contribution in [0.15, 0.2) is 0 Å². The lowest BCUT2D eigenvalue weighted by Gasteiger charge is -1.88. The number of hydrogen-bond donors (Lipinski definition) is 1. The molecule has 4 aromatic heterocycles. The maximum Gasteiger partial charge on any atom is 0.186 e. The van der Waals surface area contributed by atoms with Crippen LogP contribution in [0.3, 0.4) is 0 Å². The van der Waals surface area contributed by atoms with Gasteiger partial charge in [-0.25, -0.2) is 0 Å². The van der Waals surface area contributed by atoms with Crippen molar-refractivity contribution in [2.45, 2.75) is 27.7 Å². The number of aromatic nitrogens is 8. The molecule has 0 bridgehead atoms. The highest BCUT2D eigenvalue weighted by molar-refractivity contribution is 5.70. The quantitative estimate of drug-likeness (QED) is 0.541. The third-order valence-electron chi connectivity index (χ3n) is 3.70. The number of rotatable bonds is 1. The van der Waals surface area contributed by atoms with Crippen LogP contribution in [-0.4, -0.2) is 39.6 Å². The number of aromatic amines is 1. The van der Waals surface area contributed by atoms with Crippen molar-refractivity contribution in [3.05, 3.63) is 33.8 Å². The zero-order valence-corrected chi connectivity index (χ0v) is 12.2. The average Bonchev–Trinajstić information content (AvgIpc) is 3.13. The van der Waals surface area contributed by atoms with Crippen molar-refractivity contribution in [2.24, 2.45) is 0 Å². The number of nitrogens with zero attached hydrogens (tertiary/aromatic N) is 7. The van der Waals surface area contributed by atoms with Crippen LogP contribution in [0.2, 0.25) is 0 Å². The summed E-state index contributed by atoms with van der Waals surface area (Å²) in [7, 11) is 0. The first kappa shape index (κ1) is 12.0. The highest BCUT2D eigenvalue weighted by atomic mass is 15.4. The Kier molecular flexibility index (Phi) is 2.21. The molecule has 0 aromatic carbocycles. The molecule has 4 heterocycles. The summed E-state index contributed by atoms with van der Waals surface area (Å²) in [6.45, 7) is 7.74. The van der Waals surface area contributed by atoms with Crippen LogP contribution in [0.5, 0.6) is 0 Å². The van der Waals surface area contributed by atoms with Gasteiger partial charge in [0.1, 0.15) is 5.82 Å². The van der Waals surface area contributed by atoms with Crippen LogP contribution in [0.1, 0.15) is 28.6 Å². The number of hydrogen-bond acceptors (Lipinski definition) is 5. The molecule has 106 valence electrons. The molecule has 0 aliphatic heterocycles. The summed E-state index contributed by atoms with van der Waals surface area (Å²) in [6.07, 6.45) is 2.04. The SMILES string of the molecule is Cc1nn2c(C)n[nH]c2c1/C=c1/c(C)nn2c(C)nnc12. The van der Waals surface area contributed by atoms with E-state index in [9.17, 15) is 0 Å². The van der Waals surface area contributed by atoms with E-state index in [1.165, 1.54) is 0 Å². The van der Waals surface area contributed by atoms with Gasteiger partial charge in [0.25, 0.3) is 0 Å². The van der Waals surface area contributed by atoms with Gasteiger partial charge in [-0.05, 0) is 33.8 Å². The average molecular weight is 282 g/mol. The van der Waals surface area contributed by atoms with Gasteiger partial charge in [-0.1, -0.05) is 0 Å². The largest absolute Gasteiger partial charge is 0.259 e. The van der Waals surface area contributed by atoms with E-state index in [4.69, 9.17) is 0 Å². The van der Waals surface area contributed by atoms with Gasteiger partial charge in [0.15, 0.2) is 17.1 Å². The Bertz CT molecular complexity index is 1030. The minimum absolute atomic E-state index is 0.764. The monoisotopic (exact) mass is 282 g/mol. The van der Waals surface area contributed by atoms with Crippen molar-refractivity contribution in [2.75, 3.05) is 0 Å². The van der Waals surface area contributed by atoms with Crippen molar-refractivity contribution in [3.63, 3.8) is 0 Å². The van der Waals surface area contributed by atoms with Gasteiger partial charge in [-0.2, -0.15) is 24.3 Å². The maximum absolute atomic E-state index is 4.50. The van der Waals surface area contributed by atoms with Crippen molar-refractivity contribution in [1.29, 1.82) is 0 Å². The van der Waals surface area contributed by atoms with E-state index in [0.29, 0.717) is 0 Å². The number of H-pyrrole nitrogens is 1. The number of aryl methyl sites for hydroxylation is 4. The molecule has 0 amide bonds. The second kappa shape index (κ2) is 3.87. The van der Waals surface area contributed by atoms with E-state index >= 15 is 0 Å². The Hall–Kier alpha value is -2.77. The third-order valence-corrected chi connectivity index (χ3v) is 3.70. The predicted molar refractivity (Wildman–Crippen MR) is 75.9 cm³/mol. The second-order valence-corrected chi connectivity index (χ2v) is 5.16.